The van der Waals surface area contributed by atoms with Crippen LogP contribution in [0.25, 0.3) is 0 Å². The zero-order valence-corrected chi connectivity index (χ0v) is 13.1. The zero-order valence-electron chi connectivity index (χ0n) is 12.3. The summed E-state index contributed by atoms with van der Waals surface area (Å²) in [4.78, 5) is 0. The van der Waals surface area contributed by atoms with Gasteiger partial charge in [0, 0.05) is 6.54 Å². The topological polar surface area (TPSA) is 58.2 Å². The maximum Gasteiger partial charge on any atom is 0.229 e. The zero-order chi connectivity index (χ0) is 15.3. The highest BCUT2D eigenvalue weighted by Gasteiger charge is 2.07. The van der Waals surface area contributed by atoms with Gasteiger partial charge in [-0.15, -0.1) is 0 Å². The van der Waals surface area contributed by atoms with Gasteiger partial charge in [-0.1, -0.05) is 43.3 Å². The Morgan fingerprint density at radius 2 is 1.48 bits per heavy atom. The summed E-state index contributed by atoms with van der Waals surface area (Å²) < 4.78 is 25.3. The van der Waals surface area contributed by atoms with E-state index >= 15 is 0 Å². The quantitative estimate of drug-likeness (QED) is 0.861. The summed E-state index contributed by atoms with van der Waals surface area (Å²) in [6, 6.07) is 15.5. The summed E-state index contributed by atoms with van der Waals surface area (Å²) in [5.41, 5.74) is 3.84. The molecule has 5 heteroatoms. The van der Waals surface area contributed by atoms with Crippen molar-refractivity contribution >= 4 is 21.4 Å². The van der Waals surface area contributed by atoms with Crippen molar-refractivity contribution in [3.8, 4) is 0 Å². The third-order valence-electron chi connectivity index (χ3n) is 3.19. The lowest BCUT2D eigenvalue weighted by molar-refractivity contribution is 0.607. The van der Waals surface area contributed by atoms with Crippen LogP contribution in [0.3, 0.4) is 0 Å². The van der Waals surface area contributed by atoms with Crippen LogP contribution < -0.4 is 10.0 Å². The molecule has 4 nitrogen and oxygen atoms in total. The molecular formula is C16H20N2O2S. The molecule has 0 aliphatic heterocycles. The van der Waals surface area contributed by atoms with Crippen LogP contribution in [0.2, 0.25) is 0 Å². The molecule has 2 rings (SSSR count). The number of anilines is 2. The Kier molecular flexibility index (Phi) is 4.85. The average Bonchev–Trinajstić information content (AvgIpc) is 2.45. The molecule has 0 atom stereocenters. The molecule has 0 unspecified atom stereocenters. The highest BCUT2D eigenvalue weighted by atomic mass is 32.2. The Bertz CT molecular complexity index is 712. The Morgan fingerprint density at radius 3 is 2.10 bits per heavy atom. The molecule has 0 radical (unpaired) electrons. The number of rotatable bonds is 6. The fourth-order valence-corrected chi connectivity index (χ4v) is 2.77. The Balaban J connectivity index is 2.17. The Hall–Kier alpha value is -2.01. The lowest BCUT2D eigenvalue weighted by atomic mass is 10.1. The van der Waals surface area contributed by atoms with Gasteiger partial charge in [0.1, 0.15) is 0 Å². The summed E-state index contributed by atoms with van der Waals surface area (Å²) in [6.07, 6.45) is 2.12. The standard InChI is InChI=1S/C16H20N2O2S/c1-3-13-8-4-5-9-14(13)12-17-15-10-6-7-11-16(15)18-21(2,19)20/h4-11,17-18H,3,12H2,1-2H3. The molecule has 2 aromatic carbocycles. The first kappa shape index (κ1) is 15.4. The van der Waals surface area contributed by atoms with E-state index in [0.29, 0.717) is 12.2 Å². The fourth-order valence-electron chi connectivity index (χ4n) is 2.19. The first-order valence-corrected chi connectivity index (χ1v) is 8.76. The summed E-state index contributed by atoms with van der Waals surface area (Å²) in [5, 5.41) is 3.30. The summed E-state index contributed by atoms with van der Waals surface area (Å²) in [6.45, 7) is 2.78. The van der Waals surface area contributed by atoms with Gasteiger partial charge in [-0.05, 0) is 29.7 Å². The van der Waals surface area contributed by atoms with Crippen molar-refractivity contribution in [2.45, 2.75) is 19.9 Å². The van der Waals surface area contributed by atoms with E-state index in [2.05, 4.69) is 29.1 Å². The molecule has 0 heterocycles. The number of benzene rings is 2. The van der Waals surface area contributed by atoms with Crippen molar-refractivity contribution in [2.24, 2.45) is 0 Å². The molecule has 0 bridgehead atoms. The Labute approximate surface area is 126 Å². The number of nitrogens with one attached hydrogen (secondary N) is 2. The molecule has 0 aliphatic carbocycles. The summed E-state index contributed by atoms with van der Waals surface area (Å²) in [5.74, 6) is 0. The number of hydrogen-bond acceptors (Lipinski definition) is 3. The van der Waals surface area contributed by atoms with Gasteiger partial charge in [-0.25, -0.2) is 8.42 Å². The van der Waals surface area contributed by atoms with E-state index in [1.54, 1.807) is 12.1 Å². The minimum atomic E-state index is -3.29. The van der Waals surface area contributed by atoms with Crippen molar-refractivity contribution < 1.29 is 8.42 Å². The fraction of sp³-hybridized carbons (Fsp3) is 0.250. The van der Waals surface area contributed by atoms with Crippen molar-refractivity contribution in [2.75, 3.05) is 16.3 Å². The van der Waals surface area contributed by atoms with Gasteiger partial charge in [0.2, 0.25) is 10.0 Å². The molecule has 0 saturated heterocycles. The van der Waals surface area contributed by atoms with Crippen LogP contribution in [-0.2, 0) is 23.0 Å². The van der Waals surface area contributed by atoms with Gasteiger partial charge in [-0.2, -0.15) is 0 Å². The first-order valence-electron chi connectivity index (χ1n) is 6.87. The molecule has 0 fully saturated rings. The molecule has 0 saturated carbocycles. The predicted octanol–water partition coefficient (Wildman–Crippen LogP) is 3.23. The van der Waals surface area contributed by atoms with Crippen molar-refractivity contribution in [3.05, 3.63) is 59.7 Å². The molecule has 21 heavy (non-hydrogen) atoms. The van der Waals surface area contributed by atoms with Crippen LogP contribution in [0.4, 0.5) is 11.4 Å². The van der Waals surface area contributed by atoms with E-state index in [0.717, 1.165) is 18.4 Å². The summed E-state index contributed by atoms with van der Waals surface area (Å²) in [7, 11) is -3.29. The normalized spacial score (nSPS) is 11.1. The second-order valence-corrected chi connectivity index (χ2v) is 6.64. The number of sulfonamides is 1. The highest BCUT2D eigenvalue weighted by Crippen LogP contribution is 2.23. The lowest BCUT2D eigenvalue weighted by Crippen LogP contribution is -2.12. The van der Waals surface area contributed by atoms with E-state index in [4.69, 9.17) is 0 Å². The van der Waals surface area contributed by atoms with Crippen LogP contribution in [0, 0.1) is 0 Å². The molecular weight excluding hydrogens is 284 g/mol. The summed E-state index contributed by atoms with van der Waals surface area (Å²) >= 11 is 0. The minimum absolute atomic E-state index is 0.564. The maximum absolute atomic E-state index is 11.4. The van der Waals surface area contributed by atoms with E-state index in [9.17, 15) is 8.42 Å². The smallest absolute Gasteiger partial charge is 0.229 e. The maximum atomic E-state index is 11.4. The second-order valence-electron chi connectivity index (χ2n) is 4.90. The second kappa shape index (κ2) is 6.63. The van der Waals surface area contributed by atoms with Crippen LogP contribution >= 0.6 is 0 Å². The van der Waals surface area contributed by atoms with Crippen LogP contribution in [0.1, 0.15) is 18.1 Å². The highest BCUT2D eigenvalue weighted by molar-refractivity contribution is 7.92. The van der Waals surface area contributed by atoms with E-state index in [1.165, 1.54) is 11.1 Å². The number of aryl methyl sites for hydroxylation is 1. The number of hydrogen-bond donors (Lipinski definition) is 2. The van der Waals surface area contributed by atoms with E-state index in [-0.39, 0.29) is 0 Å². The van der Waals surface area contributed by atoms with Gasteiger partial charge in [-0.3, -0.25) is 4.72 Å². The number of para-hydroxylation sites is 2. The van der Waals surface area contributed by atoms with Crippen molar-refractivity contribution in [1.82, 2.24) is 0 Å². The molecule has 0 spiro atoms. The van der Waals surface area contributed by atoms with E-state index in [1.807, 2.05) is 24.3 Å². The molecule has 112 valence electrons. The lowest BCUT2D eigenvalue weighted by Gasteiger charge is -2.14. The van der Waals surface area contributed by atoms with Gasteiger partial charge >= 0.3 is 0 Å². The van der Waals surface area contributed by atoms with E-state index < -0.39 is 10.0 Å². The molecule has 2 N–H and O–H groups in total. The van der Waals surface area contributed by atoms with Gasteiger partial charge < -0.3 is 5.32 Å². The SMILES string of the molecule is CCc1ccccc1CNc1ccccc1NS(C)(=O)=O. The predicted molar refractivity (Wildman–Crippen MR) is 88.1 cm³/mol. The van der Waals surface area contributed by atoms with Gasteiger partial charge in [0.15, 0.2) is 0 Å². The molecule has 0 aliphatic rings. The monoisotopic (exact) mass is 304 g/mol. The van der Waals surface area contributed by atoms with Gasteiger partial charge in [0.25, 0.3) is 0 Å². The van der Waals surface area contributed by atoms with Crippen LogP contribution in [-0.4, -0.2) is 14.7 Å². The molecule has 0 amide bonds. The largest absolute Gasteiger partial charge is 0.379 e. The van der Waals surface area contributed by atoms with Gasteiger partial charge in [0.05, 0.1) is 17.6 Å². The first-order chi connectivity index (χ1) is 9.99. The van der Waals surface area contributed by atoms with Crippen LogP contribution in [0.5, 0.6) is 0 Å². The third kappa shape index (κ3) is 4.49. The average molecular weight is 304 g/mol. The van der Waals surface area contributed by atoms with Crippen molar-refractivity contribution in [3.63, 3.8) is 0 Å². The minimum Gasteiger partial charge on any atom is -0.379 e. The Morgan fingerprint density at radius 1 is 0.905 bits per heavy atom. The third-order valence-corrected chi connectivity index (χ3v) is 3.78. The van der Waals surface area contributed by atoms with Crippen molar-refractivity contribution in [1.29, 1.82) is 0 Å². The molecule has 2 aromatic rings. The molecule has 0 aromatic heterocycles. The van der Waals surface area contributed by atoms with Crippen LogP contribution in [0.15, 0.2) is 48.5 Å².